The Morgan fingerprint density at radius 1 is 0.577 bits per heavy atom. The van der Waals surface area contributed by atoms with Crippen LogP contribution < -0.4 is 13.6 Å². The summed E-state index contributed by atoms with van der Waals surface area (Å²) in [6.45, 7) is 4.29. The molecule has 0 unspecified atom stereocenters. The Morgan fingerprint density at radius 3 is 1.15 bits per heavy atom. The normalized spacial score (nSPS) is 11.2. The monoisotopic (exact) mass is 367 g/mol. The Labute approximate surface area is 156 Å². The zero-order valence-electron chi connectivity index (χ0n) is 15.1. The topological polar surface area (TPSA) is 27.7 Å². The fourth-order valence-corrected chi connectivity index (χ4v) is 5.10. The lowest BCUT2D eigenvalue weighted by Crippen LogP contribution is -2.21. The quantitative estimate of drug-likeness (QED) is 0.418. The van der Waals surface area contributed by atoms with Gasteiger partial charge in [-0.15, -0.1) is 0 Å². The summed E-state index contributed by atoms with van der Waals surface area (Å²) in [7, 11) is -2.72. The lowest BCUT2D eigenvalue weighted by atomic mass is 10.3. The van der Waals surface area contributed by atoms with Crippen LogP contribution >= 0.6 is 7.94 Å². The van der Waals surface area contributed by atoms with Crippen LogP contribution in [-0.2, 0) is 0 Å². The second kappa shape index (κ2) is 8.73. The summed E-state index contributed by atoms with van der Waals surface area (Å²) in [5.74, 6) is 2.58. The van der Waals surface area contributed by atoms with Crippen LogP contribution in [0.4, 0.5) is 0 Å². The van der Waals surface area contributed by atoms with E-state index >= 15 is 0 Å². The van der Waals surface area contributed by atoms with Crippen molar-refractivity contribution in [1.82, 2.24) is 0 Å². The van der Waals surface area contributed by atoms with Crippen molar-refractivity contribution >= 4 is 7.94 Å². The first-order chi connectivity index (χ1) is 12.7. The Hall–Kier alpha value is -2.51. The highest BCUT2D eigenvalue weighted by Crippen LogP contribution is 2.61. The molecule has 0 bridgehead atoms. The van der Waals surface area contributed by atoms with Crippen molar-refractivity contribution < 1.29 is 13.6 Å². The maximum Gasteiger partial charge on any atom is 0.541 e. The average Bonchev–Trinajstić information content (AvgIpc) is 2.63. The third-order valence-electron chi connectivity index (χ3n) is 3.55. The molecule has 26 heavy (non-hydrogen) atoms. The smallest absolute Gasteiger partial charge is 0.272 e. The second-order valence-corrected chi connectivity index (χ2v) is 8.54. The minimum Gasteiger partial charge on any atom is -0.272 e. The SMILES string of the molecule is CC(C)C[P+](Oc1ccccc1)(Oc1ccccc1)Oc1ccccc1. The van der Waals surface area contributed by atoms with E-state index < -0.39 is 7.94 Å². The molecule has 0 heterocycles. The molecule has 0 radical (unpaired) electrons. The number of hydrogen-bond donors (Lipinski definition) is 0. The molecular formula is C22H24O3P+. The van der Waals surface area contributed by atoms with Crippen molar-refractivity contribution in [2.75, 3.05) is 6.16 Å². The molecule has 0 aliphatic carbocycles. The second-order valence-electron chi connectivity index (χ2n) is 6.40. The van der Waals surface area contributed by atoms with Gasteiger partial charge < -0.3 is 0 Å². The van der Waals surface area contributed by atoms with Crippen molar-refractivity contribution in [1.29, 1.82) is 0 Å². The largest absolute Gasteiger partial charge is 0.541 e. The molecule has 0 saturated heterocycles. The van der Waals surface area contributed by atoms with E-state index in [4.69, 9.17) is 13.6 Å². The maximum absolute atomic E-state index is 6.39. The minimum absolute atomic E-state index is 0.347. The summed E-state index contributed by atoms with van der Waals surface area (Å²) in [5.41, 5.74) is 0. The molecule has 3 nitrogen and oxygen atoms in total. The molecule has 134 valence electrons. The predicted molar refractivity (Wildman–Crippen MR) is 108 cm³/mol. The number of para-hydroxylation sites is 3. The summed E-state index contributed by atoms with van der Waals surface area (Å²) in [6.07, 6.45) is 0.672. The van der Waals surface area contributed by atoms with Crippen LogP contribution in [0.25, 0.3) is 0 Å². The molecule has 0 amide bonds. The zero-order chi connectivity index (χ0) is 18.2. The van der Waals surface area contributed by atoms with E-state index in [1.54, 1.807) is 0 Å². The van der Waals surface area contributed by atoms with E-state index in [1.165, 1.54) is 0 Å². The Kier molecular flexibility index (Phi) is 6.14. The molecule has 0 fully saturated rings. The molecule has 0 aliphatic rings. The van der Waals surface area contributed by atoms with E-state index in [1.807, 2.05) is 91.0 Å². The molecule has 0 saturated carbocycles. The van der Waals surface area contributed by atoms with Crippen LogP contribution in [0.3, 0.4) is 0 Å². The summed E-state index contributed by atoms with van der Waals surface area (Å²) in [4.78, 5) is 0. The molecule has 3 aromatic rings. The van der Waals surface area contributed by atoms with Crippen molar-refractivity contribution in [3.05, 3.63) is 91.0 Å². The number of rotatable bonds is 8. The van der Waals surface area contributed by atoms with Crippen LogP contribution in [0, 0.1) is 5.92 Å². The van der Waals surface area contributed by atoms with E-state index in [-0.39, 0.29) is 0 Å². The van der Waals surface area contributed by atoms with Gasteiger partial charge in [-0.05, 0) is 42.3 Å². The number of hydrogen-bond acceptors (Lipinski definition) is 3. The third kappa shape index (κ3) is 5.24. The summed E-state index contributed by atoms with van der Waals surface area (Å²) in [6, 6.07) is 29.2. The van der Waals surface area contributed by atoms with E-state index in [2.05, 4.69) is 13.8 Å². The van der Waals surface area contributed by atoms with Gasteiger partial charge in [-0.1, -0.05) is 68.4 Å². The number of benzene rings is 3. The predicted octanol–water partition coefficient (Wildman–Crippen LogP) is 6.64. The van der Waals surface area contributed by atoms with Crippen molar-refractivity contribution in [2.45, 2.75) is 13.8 Å². The zero-order valence-corrected chi connectivity index (χ0v) is 16.0. The molecule has 0 N–H and O–H groups in total. The summed E-state index contributed by atoms with van der Waals surface area (Å²) in [5, 5.41) is 0. The first-order valence-electron chi connectivity index (χ1n) is 8.77. The van der Waals surface area contributed by atoms with Crippen LogP contribution in [0.5, 0.6) is 17.2 Å². The van der Waals surface area contributed by atoms with Gasteiger partial charge in [-0.25, -0.2) is 0 Å². The lowest BCUT2D eigenvalue weighted by molar-refractivity contribution is 0.347. The van der Waals surface area contributed by atoms with Crippen LogP contribution in [0.2, 0.25) is 0 Å². The molecule has 0 aliphatic heterocycles. The van der Waals surface area contributed by atoms with Gasteiger partial charge in [-0.2, -0.15) is 0 Å². The highest BCUT2D eigenvalue weighted by molar-refractivity contribution is 7.62. The fraction of sp³-hybridized carbons (Fsp3) is 0.182. The Bertz CT molecular complexity index is 675. The van der Waals surface area contributed by atoms with Gasteiger partial charge in [0.05, 0.1) is 0 Å². The molecule has 0 aromatic heterocycles. The molecule has 3 rings (SSSR count). The van der Waals surface area contributed by atoms with Crippen molar-refractivity contribution in [3.8, 4) is 17.2 Å². The average molecular weight is 367 g/mol. The lowest BCUT2D eigenvalue weighted by Gasteiger charge is -2.24. The van der Waals surface area contributed by atoms with Crippen LogP contribution in [-0.4, -0.2) is 6.16 Å². The van der Waals surface area contributed by atoms with Gasteiger partial charge in [0.1, 0.15) is 0 Å². The highest BCUT2D eigenvalue weighted by atomic mass is 31.2. The fourth-order valence-electron chi connectivity index (χ4n) is 2.54. The van der Waals surface area contributed by atoms with Crippen LogP contribution in [0.15, 0.2) is 91.0 Å². The Balaban J connectivity index is 1.97. The molecule has 4 heteroatoms. The van der Waals surface area contributed by atoms with Crippen molar-refractivity contribution in [3.63, 3.8) is 0 Å². The van der Waals surface area contributed by atoms with E-state index in [9.17, 15) is 0 Å². The van der Waals surface area contributed by atoms with Crippen LogP contribution in [0.1, 0.15) is 13.8 Å². The van der Waals surface area contributed by atoms with Gasteiger partial charge in [-0.3, -0.25) is 13.6 Å². The maximum atomic E-state index is 6.39. The standard InChI is InChI=1S/C22H24O3P/c1-19(2)18-26(23-20-12-6-3-7-13-20,24-21-14-8-4-9-15-21)25-22-16-10-5-11-17-22/h3-17,19H,18H2,1-2H3/q+1. The van der Waals surface area contributed by atoms with Crippen molar-refractivity contribution in [2.24, 2.45) is 5.92 Å². The molecule has 0 atom stereocenters. The van der Waals surface area contributed by atoms with E-state index in [0.29, 0.717) is 12.1 Å². The third-order valence-corrected chi connectivity index (χ3v) is 6.20. The van der Waals surface area contributed by atoms with Gasteiger partial charge >= 0.3 is 7.94 Å². The van der Waals surface area contributed by atoms with E-state index in [0.717, 1.165) is 17.2 Å². The molecule has 3 aromatic carbocycles. The van der Waals surface area contributed by atoms with Gasteiger partial charge in [0.2, 0.25) is 0 Å². The molecular weight excluding hydrogens is 343 g/mol. The van der Waals surface area contributed by atoms with Gasteiger partial charge in [0.15, 0.2) is 23.4 Å². The first kappa shape index (κ1) is 18.3. The van der Waals surface area contributed by atoms with Gasteiger partial charge in [0, 0.05) is 0 Å². The first-order valence-corrected chi connectivity index (χ1v) is 10.5. The van der Waals surface area contributed by atoms with Gasteiger partial charge in [0.25, 0.3) is 0 Å². The summed E-state index contributed by atoms with van der Waals surface area (Å²) >= 11 is 0. The minimum atomic E-state index is -2.72. The highest BCUT2D eigenvalue weighted by Gasteiger charge is 2.50. The Morgan fingerprint density at radius 2 is 0.885 bits per heavy atom. The summed E-state index contributed by atoms with van der Waals surface area (Å²) < 4.78 is 19.2. The molecule has 0 spiro atoms.